The Labute approximate surface area is 146 Å². The number of aromatic nitrogens is 2. The fraction of sp³-hybridized carbons (Fsp3) is 0.312. The molecular formula is C16H20ClN5O2. The molecular weight excluding hydrogens is 330 g/mol. The third kappa shape index (κ3) is 3.68. The monoisotopic (exact) mass is 349 g/mol. The lowest BCUT2D eigenvalue weighted by atomic mass is 10.1. The molecule has 1 fully saturated rings. The second-order valence-electron chi connectivity index (χ2n) is 5.27. The molecule has 8 heteroatoms. The van der Waals surface area contributed by atoms with E-state index < -0.39 is 0 Å². The highest BCUT2D eigenvalue weighted by molar-refractivity contribution is 5.99. The van der Waals surface area contributed by atoms with Crippen LogP contribution < -0.4 is 15.4 Å². The standard InChI is InChI=1S/C16H19N5O2.ClH/c1-23-14-6-7-18-16(19-14)21-10-8-20(9-11-21)15(22)12-4-2-3-5-13(12)17;/h2-7H,8-11,17H2,1H3;1H. The van der Waals surface area contributed by atoms with Gasteiger partial charge >= 0.3 is 0 Å². The molecule has 2 heterocycles. The molecule has 7 nitrogen and oxygen atoms in total. The van der Waals surface area contributed by atoms with Gasteiger partial charge in [-0.25, -0.2) is 4.98 Å². The highest BCUT2D eigenvalue weighted by Gasteiger charge is 2.24. The smallest absolute Gasteiger partial charge is 0.256 e. The summed E-state index contributed by atoms with van der Waals surface area (Å²) < 4.78 is 5.12. The van der Waals surface area contributed by atoms with Crippen molar-refractivity contribution in [2.75, 3.05) is 43.9 Å². The number of piperazine rings is 1. The van der Waals surface area contributed by atoms with Gasteiger partial charge < -0.3 is 20.3 Å². The Morgan fingerprint density at radius 2 is 1.88 bits per heavy atom. The van der Waals surface area contributed by atoms with Crippen molar-refractivity contribution in [3.8, 4) is 5.88 Å². The maximum atomic E-state index is 12.5. The van der Waals surface area contributed by atoms with E-state index in [-0.39, 0.29) is 18.3 Å². The second kappa shape index (κ2) is 7.83. The van der Waals surface area contributed by atoms with Crippen molar-refractivity contribution in [2.24, 2.45) is 0 Å². The SMILES string of the molecule is COc1ccnc(N2CCN(C(=O)c3ccccc3N)CC2)n1.Cl. The van der Waals surface area contributed by atoms with Gasteiger partial charge in [-0.1, -0.05) is 12.1 Å². The van der Waals surface area contributed by atoms with Crippen LogP contribution in [0.1, 0.15) is 10.4 Å². The molecule has 3 rings (SSSR count). The number of rotatable bonds is 3. The number of halogens is 1. The van der Waals surface area contributed by atoms with E-state index in [9.17, 15) is 4.79 Å². The van der Waals surface area contributed by atoms with Crippen LogP contribution in [0, 0.1) is 0 Å². The molecule has 2 N–H and O–H groups in total. The summed E-state index contributed by atoms with van der Waals surface area (Å²) in [5.74, 6) is 1.12. The predicted molar refractivity (Wildman–Crippen MR) is 94.8 cm³/mol. The van der Waals surface area contributed by atoms with Gasteiger partial charge in [-0.2, -0.15) is 4.98 Å². The number of hydrogen-bond donors (Lipinski definition) is 1. The van der Waals surface area contributed by atoms with Crippen LogP contribution >= 0.6 is 12.4 Å². The molecule has 0 aliphatic carbocycles. The number of carbonyl (C=O) groups excluding carboxylic acids is 1. The number of ether oxygens (including phenoxy) is 1. The van der Waals surface area contributed by atoms with Gasteiger partial charge in [0.15, 0.2) is 0 Å². The average molecular weight is 350 g/mol. The number of nitrogens with two attached hydrogens (primary N) is 1. The van der Waals surface area contributed by atoms with Crippen molar-refractivity contribution in [1.82, 2.24) is 14.9 Å². The van der Waals surface area contributed by atoms with E-state index in [4.69, 9.17) is 10.5 Å². The van der Waals surface area contributed by atoms with Crippen LogP contribution in [0.2, 0.25) is 0 Å². The maximum Gasteiger partial charge on any atom is 0.256 e. The molecule has 1 aliphatic heterocycles. The van der Waals surface area contributed by atoms with E-state index in [1.54, 1.807) is 31.5 Å². The van der Waals surface area contributed by atoms with Gasteiger partial charge in [-0.05, 0) is 12.1 Å². The number of para-hydroxylation sites is 1. The first-order valence-electron chi connectivity index (χ1n) is 7.45. The third-order valence-corrected chi connectivity index (χ3v) is 3.87. The van der Waals surface area contributed by atoms with Crippen molar-refractivity contribution in [3.05, 3.63) is 42.1 Å². The van der Waals surface area contributed by atoms with Gasteiger partial charge in [0.1, 0.15) is 0 Å². The number of amides is 1. The van der Waals surface area contributed by atoms with Crippen LogP contribution in [-0.2, 0) is 0 Å². The minimum Gasteiger partial charge on any atom is -0.481 e. The molecule has 0 unspecified atom stereocenters. The van der Waals surface area contributed by atoms with E-state index in [1.807, 2.05) is 21.9 Å². The van der Waals surface area contributed by atoms with Gasteiger partial charge in [0.05, 0.1) is 12.7 Å². The zero-order valence-corrected chi connectivity index (χ0v) is 14.2. The highest BCUT2D eigenvalue weighted by atomic mass is 35.5. The highest BCUT2D eigenvalue weighted by Crippen LogP contribution is 2.18. The molecule has 24 heavy (non-hydrogen) atoms. The fourth-order valence-electron chi connectivity index (χ4n) is 2.57. The molecule has 1 amide bonds. The summed E-state index contributed by atoms with van der Waals surface area (Å²) in [4.78, 5) is 25.0. The molecule has 1 saturated heterocycles. The van der Waals surface area contributed by atoms with Gasteiger partial charge in [0.2, 0.25) is 11.8 Å². The second-order valence-corrected chi connectivity index (χ2v) is 5.27. The van der Waals surface area contributed by atoms with Crippen molar-refractivity contribution in [2.45, 2.75) is 0 Å². The van der Waals surface area contributed by atoms with Crippen molar-refractivity contribution in [3.63, 3.8) is 0 Å². The van der Waals surface area contributed by atoms with Gasteiger partial charge in [-0.3, -0.25) is 4.79 Å². The molecule has 1 aromatic heterocycles. The molecule has 0 bridgehead atoms. The molecule has 1 aromatic carbocycles. The normalized spacial score (nSPS) is 14.0. The predicted octanol–water partition coefficient (Wildman–Crippen LogP) is 1.45. The minimum atomic E-state index is -0.0330. The number of methoxy groups -OCH3 is 1. The van der Waals surface area contributed by atoms with Crippen LogP contribution in [0.4, 0.5) is 11.6 Å². The zero-order chi connectivity index (χ0) is 16.2. The summed E-state index contributed by atoms with van der Waals surface area (Å²) in [6, 6.07) is 8.86. The van der Waals surface area contributed by atoms with Crippen LogP contribution in [0.25, 0.3) is 0 Å². The summed E-state index contributed by atoms with van der Waals surface area (Å²) in [6.45, 7) is 2.55. The summed E-state index contributed by atoms with van der Waals surface area (Å²) in [5, 5.41) is 0. The first-order valence-corrected chi connectivity index (χ1v) is 7.45. The lowest BCUT2D eigenvalue weighted by molar-refractivity contribution is 0.0747. The Bertz CT molecular complexity index is 704. The van der Waals surface area contributed by atoms with Crippen LogP contribution in [-0.4, -0.2) is 54.1 Å². The molecule has 0 atom stereocenters. The number of anilines is 2. The maximum absolute atomic E-state index is 12.5. The lowest BCUT2D eigenvalue weighted by Gasteiger charge is -2.34. The van der Waals surface area contributed by atoms with Crippen molar-refractivity contribution in [1.29, 1.82) is 0 Å². The van der Waals surface area contributed by atoms with Gasteiger partial charge in [-0.15, -0.1) is 12.4 Å². The Kier molecular flexibility index (Phi) is 5.81. The number of carbonyl (C=O) groups is 1. The van der Waals surface area contributed by atoms with Gasteiger partial charge in [0.25, 0.3) is 5.91 Å². The first kappa shape index (κ1) is 17.8. The largest absolute Gasteiger partial charge is 0.481 e. The fourth-order valence-corrected chi connectivity index (χ4v) is 2.57. The van der Waals surface area contributed by atoms with Crippen LogP contribution in [0.3, 0.4) is 0 Å². The number of nitrogen functional groups attached to an aromatic ring is 1. The van der Waals surface area contributed by atoms with E-state index in [0.29, 0.717) is 49.3 Å². The number of hydrogen-bond acceptors (Lipinski definition) is 6. The van der Waals surface area contributed by atoms with Crippen LogP contribution in [0.15, 0.2) is 36.5 Å². The Balaban J connectivity index is 0.00000208. The Morgan fingerprint density at radius 1 is 1.17 bits per heavy atom. The number of nitrogens with zero attached hydrogens (tertiary/aromatic N) is 4. The summed E-state index contributed by atoms with van der Waals surface area (Å²) >= 11 is 0. The van der Waals surface area contributed by atoms with E-state index >= 15 is 0 Å². The third-order valence-electron chi connectivity index (χ3n) is 3.87. The zero-order valence-electron chi connectivity index (χ0n) is 13.4. The van der Waals surface area contributed by atoms with E-state index in [1.165, 1.54) is 0 Å². The van der Waals surface area contributed by atoms with E-state index in [0.717, 1.165) is 0 Å². The molecule has 0 saturated carbocycles. The lowest BCUT2D eigenvalue weighted by Crippen LogP contribution is -2.49. The van der Waals surface area contributed by atoms with Gasteiger partial charge in [0, 0.05) is 44.1 Å². The minimum absolute atomic E-state index is 0. The average Bonchev–Trinajstić information content (AvgIpc) is 2.62. The molecule has 0 radical (unpaired) electrons. The molecule has 1 aliphatic rings. The Morgan fingerprint density at radius 3 is 2.54 bits per heavy atom. The topological polar surface area (TPSA) is 84.6 Å². The van der Waals surface area contributed by atoms with Crippen molar-refractivity contribution >= 4 is 29.9 Å². The quantitative estimate of drug-likeness (QED) is 0.844. The summed E-state index contributed by atoms with van der Waals surface area (Å²) in [6.07, 6.45) is 1.67. The molecule has 128 valence electrons. The number of benzene rings is 1. The molecule has 2 aromatic rings. The summed E-state index contributed by atoms with van der Waals surface area (Å²) in [7, 11) is 1.58. The first-order chi connectivity index (χ1) is 11.2. The van der Waals surface area contributed by atoms with Crippen molar-refractivity contribution < 1.29 is 9.53 Å². The molecule has 0 spiro atoms. The van der Waals surface area contributed by atoms with Crippen LogP contribution in [0.5, 0.6) is 5.88 Å². The Hall–Kier alpha value is -2.54. The van der Waals surface area contributed by atoms with E-state index in [2.05, 4.69) is 9.97 Å². The summed E-state index contributed by atoms with van der Waals surface area (Å²) in [5.41, 5.74) is 6.95.